The van der Waals surface area contributed by atoms with Gasteiger partial charge in [-0.3, -0.25) is 9.78 Å². The van der Waals surface area contributed by atoms with Crippen LogP contribution in [0, 0.1) is 12.8 Å². The van der Waals surface area contributed by atoms with E-state index < -0.39 is 0 Å². The number of anilines is 1. The molecule has 1 aliphatic rings. The Hall–Kier alpha value is -1.81. The monoisotopic (exact) mass is 331 g/mol. The average molecular weight is 332 g/mol. The summed E-state index contributed by atoms with van der Waals surface area (Å²) >= 11 is 6.24. The van der Waals surface area contributed by atoms with Crippen LogP contribution in [0.25, 0.3) is 10.9 Å². The van der Waals surface area contributed by atoms with Crippen LogP contribution in [0.4, 0.5) is 5.69 Å². The average Bonchev–Trinajstić information content (AvgIpc) is 2.53. The lowest BCUT2D eigenvalue weighted by molar-refractivity contribution is -0.119. The summed E-state index contributed by atoms with van der Waals surface area (Å²) in [6.45, 7) is 6.39. The molecule has 0 aliphatic carbocycles. The molecule has 1 aromatic carbocycles. The number of hydrogen-bond acceptors (Lipinski definition) is 3. The predicted molar refractivity (Wildman–Crippen MR) is 95.1 cm³/mol. The minimum atomic E-state index is 0.0534. The summed E-state index contributed by atoms with van der Waals surface area (Å²) < 4.78 is 0. The molecular weight excluding hydrogens is 310 g/mol. The van der Waals surface area contributed by atoms with Crippen LogP contribution in [0.1, 0.15) is 25.3 Å². The van der Waals surface area contributed by atoms with Crippen molar-refractivity contribution in [3.05, 3.63) is 35.0 Å². The van der Waals surface area contributed by atoms with E-state index >= 15 is 0 Å². The second-order valence-electron chi connectivity index (χ2n) is 6.32. The number of pyridine rings is 1. The van der Waals surface area contributed by atoms with Gasteiger partial charge in [0, 0.05) is 48.9 Å². The van der Waals surface area contributed by atoms with Gasteiger partial charge in [0.25, 0.3) is 0 Å². The Morgan fingerprint density at radius 3 is 2.83 bits per heavy atom. The van der Waals surface area contributed by atoms with Gasteiger partial charge < -0.3 is 10.2 Å². The van der Waals surface area contributed by atoms with Crippen LogP contribution < -0.4 is 10.2 Å². The van der Waals surface area contributed by atoms with E-state index in [-0.39, 0.29) is 5.91 Å². The molecule has 1 fully saturated rings. The molecule has 2 aromatic rings. The Labute approximate surface area is 141 Å². The van der Waals surface area contributed by atoms with Gasteiger partial charge in [0.05, 0.1) is 5.52 Å². The largest absolute Gasteiger partial charge is 0.371 e. The summed E-state index contributed by atoms with van der Waals surface area (Å²) in [5, 5.41) is 4.81. The minimum absolute atomic E-state index is 0.0534. The summed E-state index contributed by atoms with van der Waals surface area (Å²) in [4.78, 5) is 18.0. The lowest BCUT2D eigenvalue weighted by Crippen LogP contribution is -2.38. The number of nitrogens with one attached hydrogen (secondary N) is 1. The molecule has 1 aromatic heterocycles. The molecule has 2 heterocycles. The normalized spacial score (nSPS) is 15.9. The Balaban J connectivity index is 1.78. The molecule has 0 bridgehead atoms. The highest BCUT2D eigenvalue weighted by atomic mass is 35.5. The highest BCUT2D eigenvalue weighted by Gasteiger charge is 2.21. The smallest absolute Gasteiger partial charge is 0.216 e. The number of aromatic nitrogens is 1. The fourth-order valence-electron chi connectivity index (χ4n) is 3.32. The van der Waals surface area contributed by atoms with E-state index in [1.54, 1.807) is 6.92 Å². The second-order valence-corrected chi connectivity index (χ2v) is 6.75. The number of carbonyl (C=O) groups is 1. The van der Waals surface area contributed by atoms with Crippen molar-refractivity contribution in [1.29, 1.82) is 0 Å². The van der Waals surface area contributed by atoms with E-state index in [2.05, 4.69) is 21.3 Å². The molecule has 0 radical (unpaired) electrons. The molecule has 5 heteroatoms. The highest BCUT2D eigenvalue weighted by molar-refractivity contribution is 6.31. The zero-order chi connectivity index (χ0) is 16.4. The van der Waals surface area contributed by atoms with Crippen molar-refractivity contribution < 1.29 is 4.79 Å². The fourth-order valence-corrected chi connectivity index (χ4v) is 3.59. The predicted octanol–water partition coefficient (Wildman–Crippen LogP) is 3.55. The van der Waals surface area contributed by atoms with Gasteiger partial charge in [-0.25, -0.2) is 0 Å². The van der Waals surface area contributed by atoms with E-state index in [0.29, 0.717) is 5.92 Å². The van der Waals surface area contributed by atoms with E-state index in [9.17, 15) is 4.79 Å². The minimum Gasteiger partial charge on any atom is -0.371 e. The first-order valence-corrected chi connectivity index (χ1v) is 8.46. The number of piperidine rings is 1. The fraction of sp³-hybridized carbons (Fsp3) is 0.444. The van der Waals surface area contributed by atoms with Crippen molar-refractivity contribution in [3.63, 3.8) is 0 Å². The molecule has 0 unspecified atom stereocenters. The zero-order valence-corrected chi connectivity index (χ0v) is 14.4. The lowest BCUT2D eigenvalue weighted by Gasteiger charge is -2.34. The van der Waals surface area contributed by atoms with Crippen molar-refractivity contribution in [2.45, 2.75) is 26.7 Å². The van der Waals surface area contributed by atoms with Gasteiger partial charge in [-0.05, 0) is 49.4 Å². The summed E-state index contributed by atoms with van der Waals surface area (Å²) in [7, 11) is 0. The van der Waals surface area contributed by atoms with Crippen LogP contribution in [0.5, 0.6) is 0 Å². The summed E-state index contributed by atoms with van der Waals surface area (Å²) in [6, 6.07) is 6.04. The molecule has 1 N–H and O–H groups in total. The van der Waals surface area contributed by atoms with Crippen molar-refractivity contribution in [2.75, 3.05) is 24.5 Å². The third-order valence-electron chi connectivity index (χ3n) is 4.57. The number of halogens is 1. The van der Waals surface area contributed by atoms with Gasteiger partial charge in [0.2, 0.25) is 5.91 Å². The Morgan fingerprint density at radius 2 is 2.13 bits per heavy atom. The number of rotatable bonds is 3. The van der Waals surface area contributed by atoms with Crippen LogP contribution in [0.15, 0.2) is 24.4 Å². The maximum absolute atomic E-state index is 11.0. The molecule has 0 spiro atoms. The number of fused-ring (bicyclic) bond motifs is 1. The number of nitrogens with zero attached hydrogens (tertiary/aromatic N) is 2. The first kappa shape index (κ1) is 16.1. The molecule has 122 valence electrons. The first-order valence-electron chi connectivity index (χ1n) is 8.09. The van der Waals surface area contributed by atoms with Crippen molar-refractivity contribution in [1.82, 2.24) is 10.3 Å². The van der Waals surface area contributed by atoms with Gasteiger partial charge in [0.15, 0.2) is 0 Å². The van der Waals surface area contributed by atoms with Crippen molar-refractivity contribution in [3.8, 4) is 0 Å². The van der Waals surface area contributed by atoms with Crippen molar-refractivity contribution in [2.24, 2.45) is 5.92 Å². The first-order chi connectivity index (χ1) is 11.0. The van der Waals surface area contributed by atoms with Crippen LogP contribution >= 0.6 is 11.6 Å². The maximum atomic E-state index is 11.0. The number of aryl methyl sites for hydroxylation is 1. The molecular formula is C18H22ClN3O. The standard InChI is InChI=1S/C18H22ClN3O/c1-12-9-15(19)10-16-17(3-6-20-18(12)16)22-7-4-14(5-8-22)11-21-13(2)23/h3,6,9-10,14H,4-5,7-8,11H2,1-2H3,(H,21,23). The van der Waals surface area contributed by atoms with Gasteiger partial charge in [0.1, 0.15) is 0 Å². The number of carbonyl (C=O) groups excluding carboxylic acids is 1. The zero-order valence-electron chi connectivity index (χ0n) is 13.6. The topological polar surface area (TPSA) is 45.2 Å². The molecule has 3 rings (SSSR count). The van der Waals surface area contributed by atoms with E-state index in [1.165, 1.54) is 5.69 Å². The van der Waals surface area contributed by atoms with Gasteiger partial charge in [-0.2, -0.15) is 0 Å². The van der Waals surface area contributed by atoms with Gasteiger partial charge in [-0.15, -0.1) is 0 Å². The number of hydrogen-bond donors (Lipinski definition) is 1. The van der Waals surface area contributed by atoms with Gasteiger partial charge in [-0.1, -0.05) is 11.6 Å². The second kappa shape index (κ2) is 6.75. The van der Waals surface area contributed by atoms with Crippen molar-refractivity contribution >= 4 is 34.1 Å². The number of amides is 1. The van der Waals surface area contributed by atoms with Crippen LogP contribution in [0.3, 0.4) is 0 Å². The summed E-state index contributed by atoms with van der Waals surface area (Å²) in [5.41, 5.74) is 3.33. The third kappa shape index (κ3) is 3.58. The van der Waals surface area contributed by atoms with E-state index in [0.717, 1.165) is 54.0 Å². The van der Waals surface area contributed by atoms with Crippen LogP contribution in [-0.4, -0.2) is 30.5 Å². The SMILES string of the molecule is CC(=O)NCC1CCN(c2ccnc3c(C)cc(Cl)cc23)CC1. The summed E-state index contributed by atoms with van der Waals surface area (Å²) in [6.07, 6.45) is 4.05. The van der Waals surface area contributed by atoms with E-state index in [4.69, 9.17) is 11.6 Å². The van der Waals surface area contributed by atoms with Crippen LogP contribution in [0.2, 0.25) is 5.02 Å². The molecule has 1 amide bonds. The third-order valence-corrected chi connectivity index (χ3v) is 4.79. The Kier molecular flexibility index (Phi) is 4.71. The molecule has 1 aliphatic heterocycles. The Morgan fingerprint density at radius 1 is 1.39 bits per heavy atom. The molecule has 1 saturated heterocycles. The quantitative estimate of drug-likeness (QED) is 0.935. The summed E-state index contributed by atoms with van der Waals surface area (Å²) in [5.74, 6) is 0.617. The number of benzene rings is 1. The van der Waals surface area contributed by atoms with E-state index in [1.807, 2.05) is 25.3 Å². The van der Waals surface area contributed by atoms with Gasteiger partial charge >= 0.3 is 0 Å². The highest BCUT2D eigenvalue weighted by Crippen LogP contribution is 2.32. The molecule has 23 heavy (non-hydrogen) atoms. The molecule has 0 saturated carbocycles. The maximum Gasteiger partial charge on any atom is 0.216 e. The molecule has 0 atom stereocenters. The Bertz CT molecular complexity index is 724. The van der Waals surface area contributed by atoms with Crippen LogP contribution in [-0.2, 0) is 4.79 Å². The lowest BCUT2D eigenvalue weighted by atomic mass is 9.96. The molecule has 4 nitrogen and oxygen atoms in total.